The fourth-order valence-corrected chi connectivity index (χ4v) is 1.86. The number of nitrogens with zero attached hydrogens (tertiary/aromatic N) is 1. The molecule has 3 heteroatoms. The molecule has 16 heavy (non-hydrogen) atoms. The van der Waals surface area contributed by atoms with Gasteiger partial charge in [-0.1, -0.05) is 13.8 Å². The van der Waals surface area contributed by atoms with Crippen LogP contribution in [0.25, 0.3) is 0 Å². The molecule has 1 heterocycles. The molecule has 0 bridgehead atoms. The van der Waals surface area contributed by atoms with E-state index in [-0.39, 0.29) is 5.54 Å². The van der Waals surface area contributed by atoms with Gasteiger partial charge in [-0.05, 0) is 38.3 Å². The molecule has 1 rings (SSSR count). The number of pyridine rings is 1. The number of aryl methyl sites for hydroxylation is 1. The Kier molecular flexibility index (Phi) is 4.30. The second-order valence-corrected chi connectivity index (χ2v) is 5.13. The van der Waals surface area contributed by atoms with Crippen molar-refractivity contribution in [1.29, 1.82) is 0 Å². The molecule has 2 N–H and O–H groups in total. The highest BCUT2D eigenvalue weighted by Gasteiger charge is 2.21. The van der Waals surface area contributed by atoms with Crippen LogP contribution < -0.4 is 10.5 Å². The van der Waals surface area contributed by atoms with Gasteiger partial charge in [-0.25, -0.2) is 0 Å². The SMILES string of the molecule is Cc1ncccc1OCC(C)(N)CC(C)C. The van der Waals surface area contributed by atoms with E-state index in [9.17, 15) is 0 Å². The topological polar surface area (TPSA) is 48.1 Å². The van der Waals surface area contributed by atoms with E-state index >= 15 is 0 Å². The van der Waals surface area contributed by atoms with Crippen molar-refractivity contribution in [2.75, 3.05) is 6.61 Å². The molecular weight excluding hydrogens is 200 g/mol. The van der Waals surface area contributed by atoms with Crippen LogP contribution in [0.5, 0.6) is 5.75 Å². The molecule has 0 amide bonds. The second kappa shape index (κ2) is 5.30. The zero-order valence-corrected chi connectivity index (χ0v) is 10.7. The summed E-state index contributed by atoms with van der Waals surface area (Å²) in [5.41, 5.74) is 6.79. The van der Waals surface area contributed by atoms with Crippen molar-refractivity contribution in [1.82, 2.24) is 4.98 Å². The first-order valence-corrected chi connectivity index (χ1v) is 5.74. The molecule has 1 unspecified atom stereocenters. The van der Waals surface area contributed by atoms with Crippen LogP contribution in [-0.4, -0.2) is 17.1 Å². The Morgan fingerprint density at radius 1 is 1.50 bits per heavy atom. The first kappa shape index (κ1) is 13.0. The van der Waals surface area contributed by atoms with E-state index in [1.807, 2.05) is 26.0 Å². The molecule has 0 fully saturated rings. The molecule has 0 radical (unpaired) electrons. The Balaban J connectivity index is 2.54. The van der Waals surface area contributed by atoms with Gasteiger partial charge in [-0.15, -0.1) is 0 Å². The van der Waals surface area contributed by atoms with Crippen LogP contribution in [0.4, 0.5) is 0 Å². The molecule has 1 aromatic heterocycles. The molecule has 1 aromatic rings. The molecule has 0 aliphatic rings. The normalized spacial score (nSPS) is 14.9. The molecule has 0 spiro atoms. The molecule has 0 saturated carbocycles. The maximum atomic E-state index is 6.17. The monoisotopic (exact) mass is 222 g/mol. The molecule has 1 atom stereocenters. The summed E-state index contributed by atoms with van der Waals surface area (Å²) >= 11 is 0. The molecule has 0 aliphatic carbocycles. The van der Waals surface area contributed by atoms with Crippen molar-refractivity contribution in [3.63, 3.8) is 0 Å². The number of hydrogen-bond acceptors (Lipinski definition) is 3. The summed E-state index contributed by atoms with van der Waals surface area (Å²) in [5.74, 6) is 1.40. The summed E-state index contributed by atoms with van der Waals surface area (Å²) in [6.07, 6.45) is 2.71. The Morgan fingerprint density at radius 2 is 2.19 bits per heavy atom. The smallest absolute Gasteiger partial charge is 0.140 e. The van der Waals surface area contributed by atoms with Crippen molar-refractivity contribution in [3.05, 3.63) is 24.0 Å². The highest BCUT2D eigenvalue weighted by Crippen LogP contribution is 2.18. The molecule has 0 saturated heterocycles. The number of rotatable bonds is 5. The van der Waals surface area contributed by atoms with Gasteiger partial charge in [0.25, 0.3) is 0 Å². The van der Waals surface area contributed by atoms with E-state index in [2.05, 4.69) is 18.8 Å². The Hall–Kier alpha value is -1.09. The van der Waals surface area contributed by atoms with Crippen molar-refractivity contribution in [2.24, 2.45) is 11.7 Å². The minimum absolute atomic E-state index is 0.281. The summed E-state index contributed by atoms with van der Waals surface area (Å²) in [6, 6.07) is 3.80. The number of hydrogen-bond donors (Lipinski definition) is 1. The maximum absolute atomic E-state index is 6.17. The van der Waals surface area contributed by atoms with Crippen molar-refractivity contribution < 1.29 is 4.74 Å². The van der Waals surface area contributed by atoms with E-state index in [1.165, 1.54) is 0 Å². The first-order valence-electron chi connectivity index (χ1n) is 5.74. The van der Waals surface area contributed by atoms with Crippen LogP contribution in [-0.2, 0) is 0 Å². The molecular formula is C13H22N2O. The van der Waals surface area contributed by atoms with E-state index in [4.69, 9.17) is 10.5 Å². The zero-order chi connectivity index (χ0) is 12.2. The van der Waals surface area contributed by atoms with Crippen molar-refractivity contribution >= 4 is 0 Å². The van der Waals surface area contributed by atoms with Gasteiger partial charge in [0.1, 0.15) is 12.4 Å². The Bertz CT molecular complexity index is 334. The van der Waals surface area contributed by atoms with Gasteiger partial charge < -0.3 is 10.5 Å². The van der Waals surface area contributed by atoms with Crippen LogP contribution in [0.2, 0.25) is 0 Å². The van der Waals surface area contributed by atoms with E-state index in [1.54, 1.807) is 6.20 Å². The lowest BCUT2D eigenvalue weighted by Crippen LogP contribution is -2.43. The van der Waals surface area contributed by atoms with Crippen LogP contribution in [0.3, 0.4) is 0 Å². The van der Waals surface area contributed by atoms with Crippen LogP contribution >= 0.6 is 0 Å². The van der Waals surface area contributed by atoms with Gasteiger partial charge in [0, 0.05) is 11.7 Å². The largest absolute Gasteiger partial charge is 0.490 e. The Labute approximate surface area is 98.0 Å². The summed E-state index contributed by atoms with van der Waals surface area (Å²) < 4.78 is 5.71. The first-order chi connectivity index (χ1) is 7.41. The lowest BCUT2D eigenvalue weighted by molar-refractivity contribution is 0.205. The molecule has 0 aromatic carbocycles. The predicted octanol–water partition coefficient (Wildman–Crippen LogP) is 2.53. The van der Waals surface area contributed by atoms with Gasteiger partial charge >= 0.3 is 0 Å². The number of aromatic nitrogens is 1. The number of ether oxygens (including phenoxy) is 1. The standard InChI is InChI=1S/C13H22N2O/c1-10(2)8-13(4,14)9-16-12-6-5-7-15-11(12)3/h5-7,10H,8-9,14H2,1-4H3. The third-order valence-corrected chi connectivity index (χ3v) is 2.39. The maximum Gasteiger partial charge on any atom is 0.140 e. The van der Waals surface area contributed by atoms with E-state index < -0.39 is 0 Å². The van der Waals surface area contributed by atoms with Gasteiger partial charge in [0.05, 0.1) is 5.69 Å². The fourth-order valence-electron chi connectivity index (χ4n) is 1.86. The minimum Gasteiger partial charge on any atom is -0.490 e. The highest BCUT2D eigenvalue weighted by molar-refractivity contribution is 5.25. The van der Waals surface area contributed by atoms with E-state index in [0.717, 1.165) is 17.9 Å². The van der Waals surface area contributed by atoms with Gasteiger partial charge in [-0.2, -0.15) is 0 Å². The van der Waals surface area contributed by atoms with E-state index in [0.29, 0.717) is 12.5 Å². The van der Waals surface area contributed by atoms with Crippen molar-refractivity contribution in [3.8, 4) is 5.75 Å². The van der Waals surface area contributed by atoms with Gasteiger partial charge in [0.2, 0.25) is 0 Å². The lowest BCUT2D eigenvalue weighted by Gasteiger charge is -2.26. The fraction of sp³-hybridized carbons (Fsp3) is 0.615. The third kappa shape index (κ3) is 4.19. The zero-order valence-electron chi connectivity index (χ0n) is 10.7. The highest BCUT2D eigenvalue weighted by atomic mass is 16.5. The predicted molar refractivity (Wildman–Crippen MR) is 66.5 cm³/mol. The average Bonchev–Trinajstić information content (AvgIpc) is 2.14. The third-order valence-electron chi connectivity index (χ3n) is 2.39. The minimum atomic E-state index is -0.281. The summed E-state index contributed by atoms with van der Waals surface area (Å²) in [7, 11) is 0. The summed E-state index contributed by atoms with van der Waals surface area (Å²) in [4.78, 5) is 4.17. The second-order valence-electron chi connectivity index (χ2n) is 5.13. The van der Waals surface area contributed by atoms with Crippen LogP contribution in [0.15, 0.2) is 18.3 Å². The molecule has 3 nitrogen and oxygen atoms in total. The van der Waals surface area contributed by atoms with Crippen LogP contribution in [0, 0.1) is 12.8 Å². The quantitative estimate of drug-likeness (QED) is 0.832. The molecule has 90 valence electrons. The van der Waals surface area contributed by atoms with Crippen molar-refractivity contribution in [2.45, 2.75) is 39.7 Å². The lowest BCUT2D eigenvalue weighted by atomic mass is 9.93. The summed E-state index contributed by atoms with van der Waals surface area (Å²) in [5, 5.41) is 0. The van der Waals surface area contributed by atoms with Gasteiger partial charge in [0.15, 0.2) is 0 Å². The van der Waals surface area contributed by atoms with Gasteiger partial charge in [-0.3, -0.25) is 4.98 Å². The van der Waals surface area contributed by atoms with Crippen LogP contribution in [0.1, 0.15) is 32.9 Å². The average molecular weight is 222 g/mol. The number of nitrogens with two attached hydrogens (primary N) is 1. The summed E-state index contributed by atoms with van der Waals surface area (Å²) in [6.45, 7) is 8.82. The Morgan fingerprint density at radius 3 is 2.75 bits per heavy atom. The molecule has 0 aliphatic heterocycles.